The molecule has 0 radical (unpaired) electrons. The number of hydrogen-bond acceptors (Lipinski definition) is 9. The number of benzene rings is 1. The Bertz CT molecular complexity index is 1340. The highest BCUT2D eigenvalue weighted by Crippen LogP contribution is 2.16. The number of nitrogens with two attached hydrogens (primary N) is 2. The number of ether oxygens (including phenoxy) is 2. The van der Waals surface area contributed by atoms with Crippen LogP contribution in [-0.4, -0.2) is 88.7 Å². The van der Waals surface area contributed by atoms with Gasteiger partial charge in [-0.1, -0.05) is 50.6 Å². The van der Waals surface area contributed by atoms with Gasteiger partial charge in [0.1, 0.15) is 35.4 Å². The molecule has 9 N–H and O–H groups in total. The number of hydrogen-bond donors (Lipinski definition) is 7. The molecule has 1 rings (SSSR count). The lowest BCUT2D eigenvalue weighted by Gasteiger charge is -2.29. The molecule has 0 unspecified atom stereocenters. The molecule has 280 valence electrons. The zero-order valence-corrected chi connectivity index (χ0v) is 30.3. The molecule has 0 aromatic heterocycles. The summed E-state index contributed by atoms with van der Waals surface area (Å²) in [6, 6.07) is 3.44. The lowest BCUT2D eigenvalue weighted by Crippen LogP contribution is -2.59. The summed E-state index contributed by atoms with van der Waals surface area (Å²) in [5.41, 5.74) is 9.78. The normalized spacial score (nSPS) is 14.4. The minimum absolute atomic E-state index is 0.00911. The van der Waals surface area contributed by atoms with E-state index in [9.17, 15) is 33.9 Å². The maximum Gasteiger partial charge on any atom is 0.408 e. The molecule has 5 atom stereocenters. The highest BCUT2D eigenvalue weighted by Gasteiger charge is 2.35. The summed E-state index contributed by atoms with van der Waals surface area (Å²) in [6.45, 7) is 13.7. The van der Waals surface area contributed by atoms with E-state index >= 15 is 0 Å². The molecular weight excluding hydrogens is 650 g/mol. The summed E-state index contributed by atoms with van der Waals surface area (Å²) in [5.74, 6) is -5.19. The predicted molar refractivity (Wildman–Crippen MR) is 187 cm³/mol. The highest BCUT2D eigenvalue weighted by molar-refractivity contribution is 5.96. The largest absolute Gasteiger partial charge is 0.481 e. The second-order valence-electron chi connectivity index (χ2n) is 14.0. The number of rotatable bonds is 18. The number of esters is 1. The van der Waals surface area contributed by atoms with E-state index in [4.69, 9.17) is 20.9 Å². The number of carbonyl (C=O) groups excluding carboxylic acids is 5. The van der Waals surface area contributed by atoms with Gasteiger partial charge in [-0.05, 0) is 65.9 Å². The molecule has 0 aliphatic rings. The molecule has 16 nitrogen and oxygen atoms in total. The second kappa shape index (κ2) is 19.9. The number of aliphatic imine (C=N–C) groups is 1. The fraction of sp³-hybridized carbons (Fsp3) is 0.618. The summed E-state index contributed by atoms with van der Waals surface area (Å²) >= 11 is 0. The van der Waals surface area contributed by atoms with E-state index in [1.807, 2.05) is 6.92 Å². The van der Waals surface area contributed by atoms with Gasteiger partial charge in [0, 0.05) is 13.0 Å². The number of carboxylic acid groups (broad SMARTS) is 1. The third-order valence-electron chi connectivity index (χ3n) is 7.05. The van der Waals surface area contributed by atoms with Gasteiger partial charge >= 0.3 is 18.0 Å². The number of alkyl carbamates (subject to hydrolysis) is 1. The topological polar surface area (TPSA) is 254 Å². The van der Waals surface area contributed by atoms with Gasteiger partial charge in [-0.2, -0.15) is 0 Å². The maximum absolute atomic E-state index is 13.6. The van der Waals surface area contributed by atoms with Crippen LogP contribution in [-0.2, 0) is 39.9 Å². The minimum Gasteiger partial charge on any atom is -0.481 e. The van der Waals surface area contributed by atoms with E-state index in [2.05, 4.69) is 26.3 Å². The molecule has 1 aromatic rings. The van der Waals surface area contributed by atoms with Gasteiger partial charge in [0.05, 0.1) is 6.42 Å². The number of amides is 4. The Balaban J connectivity index is 3.35. The lowest BCUT2D eigenvalue weighted by atomic mass is 9.98. The van der Waals surface area contributed by atoms with Crippen LogP contribution in [0.25, 0.3) is 0 Å². The van der Waals surface area contributed by atoms with Gasteiger partial charge in [-0.25, -0.2) is 9.59 Å². The van der Waals surface area contributed by atoms with Crippen LogP contribution in [0.1, 0.15) is 86.6 Å². The molecule has 0 spiro atoms. The van der Waals surface area contributed by atoms with Crippen LogP contribution < -0.4 is 32.7 Å². The quantitative estimate of drug-likeness (QED) is 0.0498. The molecule has 1 aromatic carbocycles. The van der Waals surface area contributed by atoms with E-state index in [1.54, 1.807) is 78.8 Å². The van der Waals surface area contributed by atoms with E-state index in [0.717, 1.165) is 0 Å². The van der Waals surface area contributed by atoms with Crippen molar-refractivity contribution in [1.82, 2.24) is 21.3 Å². The zero-order chi connectivity index (χ0) is 38.2. The Labute approximate surface area is 293 Å². The number of nitrogens with zero attached hydrogens (tertiary/aromatic N) is 1. The summed E-state index contributed by atoms with van der Waals surface area (Å²) < 4.78 is 10.8. The van der Waals surface area contributed by atoms with E-state index in [0.29, 0.717) is 12.0 Å². The zero-order valence-electron chi connectivity index (χ0n) is 30.3. The molecule has 0 aliphatic carbocycles. The molecule has 0 aliphatic heterocycles. The van der Waals surface area contributed by atoms with Crippen molar-refractivity contribution in [3.8, 4) is 0 Å². The van der Waals surface area contributed by atoms with Gasteiger partial charge in [0.15, 0.2) is 5.96 Å². The van der Waals surface area contributed by atoms with Crippen molar-refractivity contribution in [2.24, 2.45) is 22.4 Å². The Morgan fingerprint density at radius 2 is 1.34 bits per heavy atom. The number of aliphatic carboxylic acids is 1. The minimum atomic E-state index is -1.66. The van der Waals surface area contributed by atoms with Crippen molar-refractivity contribution in [2.45, 2.75) is 123 Å². The van der Waals surface area contributed by atoms with Gasteiger partial charge in [-0.3, -0.25) is 24.2 Å². The molecule has 0 saturated heterocycles. The van der Waals surface area contributed by atoms with Crippen molar-refractivity contribution >= 4 is 41.7 Å². The van der Waals surface area contributed by atoms with Crippen molar-refractivity contribution in [3.63, 3.8) is 0 Å². The molecule has 0 bridgehead atoms. The summed E-state index contributed by atoms with van der Waals surface area (Å²) in [4.78, 5) is 82.2. The van der Waals surface area contributed by atoms with Gasteiger partial charge in [-0.15, -0.1) is 0 Å². The van der Waals surface area contributed by atoms with Crippen LogP contribution in [0.3, 0.4) is 0 Å². The molecule has 0 heterocycles. The average Bonchev–Trinajstić information content (AvgIpc) is 2.98. The third kappa shape index (κ3) is 17.5. The molecule has 50 heavy (non-hydrogen) atoms. The van der Waals surface area contributed by atoms with Crippen LogP contribution in [0, 0.1) is 5.92 Å². The van der Waals surface area contributed by atoms with Crippen LogP contribution in [0.5, 0.6) is 0 Å². The first-order valence-electron chi connectivity index (χ1n) is 16.6. The van der Waals surface area contributed by atoms with Crippen LogP contribution in [0.15, 0.2) is 35.3 Å². The number of carboxylic acids is 1. The van der Waals surface area contributed by atoms with E-state index in [1.165, 1.54) is 0 Å². The van der Waals surface area contributed by atoms with Crippen molar-refractivity contribution in [1.29, 1.82) is 0 Å². The predicted octanol–water partition coefficient (Wildman–Crippen LogP) is 1.49. The fourth-order valence-corrected chi connectivity index (χ4v) is 4.50. The van der Waals surface area contributed by atoms with Gasteiger partial charge in [0.2, 0.25) is 17.7 Å². The van der Waals surface area contributed by atoms with Gasteiger partial charge < -0.3 is 47.3 Å². The van der Waals surface area contributed by atoms with Crippen LogP contribution >= 0.6 is 0 Å². The Hall–Kier alpha value is -4.89. The van der Waals surface area contributed by atoms with Crippen LogP contribution in [0.2, 0.25) is 0 Å². The smallest absolute Gasteiger partial charge is 0.408 e. The number of carbonyl (C=O) groups is 6. The van der Waals surface area contributed by atoms with E-state index in [-0.39, 0.29) is 37.7 Å². The maximum atomic E-state index is 13.6. The summed E-state index contributed by atoms with van der Waals surface area (Å²) in [6.07, 6.45) is -1.04. The van der Waals surface area contributed by atoms with Gasteiger partial charge in [0.25, 0.3) is 0 Å². The van der Waals surface area contributed by atoms with E-state index < -0.39 is 77.5 Å². The Morgan fingerprint density at radius 3 is 1.86 bits per heavy atom. The Kier molecular flexibility index (Phi) is 17.2. The first-order valence-corrected chi connectivity index (χ1v) is 16.6. The van der Waals surface area contributed by atoms with Crippen LogP contribution in [0.4, 0.5) is 4.79 Å². The third-order valence-corrected chi connectivity index (χ3v) is 7.05. The Morgan fingerprint density at radius 1 is 0.800 bits per heavy atom. The van der Waals surface area contributed by atoms with Crippen molar-refractivity contribution in [2.75, 3.05) is 6.54 Å². The van der Waals surface area contributed by atoms with Crippen molar-refractivity contribution < 1.29 is 43.3 Å². The first-order chi connectivity index (χ1) is 23.1. The lowest BCUT2D eigenvalue weighted by molar-refractivity contribution is -0.160. The first kappa shape index (κ1) is 43.1. The monoisotopic (exact) mass is 705 g/mol. The highest BCUT2D eigenvalue weighted by atomic mass is 16.6. The second-order valence-corrected chi connectivity index (χ2v) is 14.0. The SMILES string of the molecule is CC[C@H](C)[C@H](NC(=O)[C@H](CCCN=C(N)N)NC(=O)[C@H](CC(=O)O)NC(=O)[C@H](Cc1ccccc1)NC(=O)OC(C)(C)C)C(=O)OC(C)(C)C. The molecule has 4 amide bonds. The van der Waals surface area contributed by atoms with Crippen molar-refractivity contribution in [3.05, 3.63) is 35.9 Å². The number of guanidine groups is 1. The molecule has 0 saturated carbocycles. The standard InChI is InChI=1S/C34H55N7O9/c1-9-20(2)26(30(47)49-33(3,4)5)41-27(44)22(16-13-17-37-31(35)36)38-29(46)24(19-25(42)43)39-28(45)23(18-21-14-11-10-12-15-21)40-32(48)50-34(6,7)8/h10-12,14-15,20,22-24,26H,9,13,16-19H2,1-8H3,(H,38,46)(H,39,45)(H,40,48)(H,41,44)(H,42,43)(H4,35,36,37)/t20-,22-,23-,24-,26-/m0/s1. The number of nitrogens with one attached hydrogen (secondary N) is 4. The molecule has 16 heteroatoms. The molecular formula is C34H55N7O9. The summed E-state index contributed by atoms with van der Waals surface area (Å²) in [5, 5.41) is 19.7. The fourth-order valence-electron chi connectivity index (χ4n) is 4.50. The average molecular weight is 706 g/mol. The summed E-state index contributed by atoms with van der Waals surface area (Å²) in [7, 11) is 0. The molecule has 0 fully saturated rings.